The van der Waals surface area contributed by atoms with Crippen molar-refractivity contribution in [2.24, 2.45) is 0 Å². The minimum absolute atomic E-state index is 0.179. The molecule has 1 amide bonds. The summed E-state index contributed by atoms with van der Waals surface area (Å²) in [6.07, 6.45) is 4.75. The van der Waals surface area contributed by atoms with Crippen molar-refractivity contribution in [3.63, 3.8) is 0 Å². The Labute approximate surface area is 143 Å². The molecule has 23 heavy (non-hydrogen) atoms. The monoisotopic (exact) mass is 339 g/mol. The number of carbonyl (C=O) groups excluding carboxylic acids is 1. The standard InChI is InChI=1S/C17H26ClN3O2/c1-17(2,3)23-16(22)21-9-5-4-6-14(21)12-19-10-13-7-8-15(18)20-11-13/h7-8,11,14,19H,4-6,9-10,12H2,1-3H3/t14-/m0/s1. The number of rotatable bonds is 4. The number of amides is 1. The van der Waals surface area contributed by atoms with Crippen molar-refractivity contribution < 1.29 is 9.53 Å². The quantitative estimate of drug-likeness (QED) is 0.851. The number of likely N-dealkylation sites (tertiary alicyclic amines) is 1. The van der Waals surface area contributed by atoms with Crippen LogP contribution in [-0.2, 0) is 11.3 Å². The molecule has 5 nitrogen and oxygen atoms in total. The molecule has 1 aliphatic heterocycles. The Morgan fingerprint density at radius 3 is 2.87 bits per heavy atom. The third kappa shape index (κ3) is 5.99. The molecule has 0 aliphatic carbocycles. The lowest BCUT2D eigenvalue weighted by atomic mass is 10.0. The highest BCUT2D eigenvalue weighted by Gasteiger charge is 2.30. The maximum Gasteiger partial charge on any atom is 0.410 e. The molecule has 0 unspecified atom stereocenters. The van der Waals surface area contributed by atoms with Crippen LogP contribution in [0.4, 0.5) is 4.79 Å². The first-order chi connectivity index (χ1) is 10.8. The lowest BCUT2D eigenvalue weighted by molar-refractivity contribution is 0.00993. The minimum atomic E-state index is -0.457. The van der Waals surface area contributed by atoms with E-state index in [-0.39, 0.29) is 12.1 Å². The molecule has 1 saturated heterocycles. The van der Waals surface area contributed by atoms with E-state index >= 15 is 0 Å². The van der Waals surface area contributed by atoms with Crippen molar-refractivity contribution in [3.05, 3.63) is 29.0 Å². The van der Waals surface area contributed by atoms with Crippen LogP contribution in [0.3, 0.4) is 0 Å². The van der Waals surface area contributed by atoms with Crippen molar-refractivity contribution in [2.45, 2.75) is 58.2 Å². The first-order valence-electron chi connectivity index (χ1n) is 8.16. The predicted octanol–water partition coefficient (Wildman–Crippen LogP) is 3.61. The third-order valence-electron chi connectivity index (χ3n) is 3.75. The summed E-state index contributed by atoms with van der Waals surface area (Å²) in [4.78, 5) is 18.3. The van der Waals surface area contributed by atoms with E-state index in [0.29, 0.717) is 11.7 Å². The van der Waals surface area contributed by atoms with Gasteiger partial charge in [-0.15, -0.1) is 0 Å². The van der Waals surface area contributed by atoms with Gasteiger partial charge in [-0.3, -0.25) is 0 Å². The van der Waals surface area contributed by atoms with Crippen LogP contribution in [0, 0.1) is 0 Å². The number of aromatic nitrogens is 1. The zero-order valence-corrected chi connectivity index (χ0v) is 14.9. The first-order valence-corrected chi connectivity index (χ1v) is 8.54. The maximum absolute atomic E-state index is 12.3. The molecule has 0 bridgehead atoms. The van der Waals surface area contributed by atoms with E-state index < -0.39 is 5.60 Å². The molecule has 0 aromatic carbocycles. The number of pyridine rings is 1. The smallest absolute Gasteiger partial charge is 0.410 e. The zero-order chi connectivity index (χ0) is 16.9. The largest absolute Gasteiger partial charge is 0.444 e. The molecular formula is C17H26ClN3O2. The molecule has 2 heterocycles. The molecule has 1 fully saturated rings. The Morgan fingerprint density at radius 2 is 2.22 bits per heavy atom. The normalized spacial score (nSPS) is 18.8. The topological polar surface area (TPSA) is 54.5 Å². The van der Waals surface area contributed by atoms with Gasteiger partial charge < -0.3 is 15.0 Å². The fourth-order valence-electron chi connectivity index (χ4n) is 2.67. The van der Waals surface area contributed by atoms with E-state index in [1.165, 1.54) is 0 Å². The SMILES string of the molecule is CC(C)(C)OC(=O)N1CCCC[C@H]1CNCc1ccc(Cl)nc1. The van der Waals surface area contributed by atoms with Gasteiger partial charge in [0.25, 0.3) is 0 Å². The van der Waals surface area contributed by atoms with E-state index in [4.69, 9.17) is 16.3 Å². The number of hydrogen-bond acceptors (Lipinski definition) is 4. The second-order valence-electron chi connectivity index (χ2n) is 6.94. The van der Waals surface area contributed by atoms with E-state index in [2.05, 4.69) is 10.3 Å². The van der Waals surface area contributed by atoms with Gasteiger partial charge in [-0.25, -0.2) is 9.78 Å². The summed E-state index contributed by atoms with van der Waals surface area (Å²) >= 11 is 5.78. The second kappa shape index (κ2) is 7.97. The fraction of sp³-hybridized carbons (Fsp3) is 0.647. The molecule has 1 aromatic rings. The maximum atomic E-state index is 12.3. The van der Waals surface area contributed by atoms with Crippen molar-refractivity contribution in [1.82, 2.24) is 15.2 Å². The average Bonchev–Trinajstić information content (AvgIpc) is 2.48. The van der Waals surface area contributed by atoms with Crippen LogP contribution in [0.15, 0.2) is 18.3 Å². The van der Waals surface area contributed by atoms with E-state index in [1.54, 1.807) is 12.3 Å². The van der Waals surface area contributed by atoms with Crippen LogP contribution >= 0.6 is 11.6 Å². The molecule has 1 N–H and O–H groups in total. The van der Waals surface area contributed by atoms with Gasteiger partial charge in [0.05, 0.1) is 0 Å². The van der Waals surface area contributed by atoms with Gasteiger partial charge in [-0.1, -0.05) is 17.7 Å². The Morgan fingerprint density at radius 1 is 1.43 bits per heavy atom. The molecule has 0 saturated carbocycles. The van der Waals surface area contributed by atoms with Crippen LogP contribution in [0.2, 0.25) is 5.15 Å². The molecule has 2 rings (SSSR count). The molecule has 0 radical (unpaired) electrons. The Bertz CT molecular complexity index is 514. The van der Waals surface area contributed by atoms with Crippen LogP contribution in [0.5, 0.6) is 0 Å². The number of carbonyl (C=O) groups is 1. The highest BCUT2D eigenvalue weighted by Crippen LogP contribution is 2.20. The van der Waals surface area contributed by atoms with Gasteiger partial charge >= 0.3 is 6.09 Å². The van der Waals surface area contributed by atoms with Gasteiger partial charge in [-0.05, 0) is 51.7 Å². The summed E-state index contributed by atoms with van der Waals surface area (Å²) in [7, 11) is 0. The molecule has 128 valence electrons. The number of hydrogen-bond donors (Lipinski definition) is 1. The highest BCUT2D eigenvalue weighted by atomic mass is 35.5. The van der Waals surface area contributed by atoms with E-state index in [1.807, 2.05) is 31.7 Å². The Balaban J connectivity index is 1.86. The zero-order valence-electron chi connectivity index (χ0n) is 14.1. The summed E-state index contributed by atoms with van der Waals surface area (Å²) < 4.78 is 5.52. The molecular weight excluding hydrogens is 314 g/mol. The van der Waals surface area contributed by atoms with E-state index in [0.717, 1.165) is 37.9 Å². The minimum Gasteiger partial charge on any atom is -0.444 e. The van der Waals surface area contributed by atoms with Gasteiger partial charge in [0.2, 0.25) is 0 Å². The second-order valence-corrected chi connectivity index (χ2v) is 7.33. The Kier molecular flexibility index (Phi) is 6.25. The average molecular weight is 340 g/mol. The van der Waals surface area contributed by atoms with Gasteiger partial charge in [0.1, 0.15) is 10.8 Å². The summed E-state index contributed by atoms with van der Waals surface area (Å²) in [5.41, 5.74) is 0.621. The van der Waals surface area contributed by atoms with Crippen LogP contribution in [0.1, 0.15) is 45.6 Å². The van der Waals surface area contributed by atoms with Gasteiger partial charge in [-0.2, -0.15) is 0 Å². The number of nitrogens with zero attached hydrogens (tertiary/aromatic N) is 2. The fourth-order valence-corrected chi connectivity index (χ4v) is 2.78. The molecule has 1 aromatic heterocycles. The lowest BCUT2D eigenvalue weighted by Crippen LogP contribution is -2.50. The van der Waals surface area contributed by atoms with Gasteiger partial charge in [0.15, 0.2) is 0 Å². The first kappa shape index (κ1) is 18.0. The highest BCUT2D eigenvalue weighted by molar-refractivity contribution is 6.29. The number of halogens is 1. The molecule has 6 heteroatoms. The van der Waals surface area contributed by atoms with Crippen molar-refractivity contribution in [2.75, 3.05) is 13.1 Å². The van der Waals surface area contributed by atoms with Crippen LogP contribution in [0.25, 0.3) is 0 Å². The summed E-state index contributed by atoms with van der Waals surface area (Å²) in [6.45, 7) is 7.93. The predicted molar refractivity (Wildman–Crippen MR) is 91.5 cm³/mol. The molecule has 1 atom stereocenters. The summed E-state index contributed by atoms with van der Waals surface area (Å²) in [5, 5.41) is 3.90. The lowest BCUT2D eigenvalue weighted by Gasteiger charge is -2.37. The van der Waals surface area contributed by atoms with Crippen LogP contribution < -0.4 is 5.32 Å². The Hall–Kier alpha value is -1.33. The molecule has 0 spiro atoms. The van der Waals surface area contributed by atoms with Crippen molar-refractivity contribution in [3.8, 4) is 0 Å². The number of piperidine rings is 1. The van der Waals surface area contributed by atoms with Crippen LogP contribution in [-0.4, -0.2) is 40.7 Å². The number of nitrogens with one attached hydrogen (secondary N) is 1. The van der Waals surface area contributed by atoms with Crippen molar-refractivity contribution >= 4 is 17.7 Å². The summed E-state index contributed by atoms with van der Waals surface area (Å²) in [5.74, 6) is 0. The number of ether oxygens (including phenoxy) is 1. The van der Waals surface area contributed by atoms with Crippen molar-refractivity contribution in [1.29, 1.82) is 0 Å². The van der Waals surface area contributed by atoms with E-state index in [9.17, 15) is 4.79 Å². The third-order valence-corrected chi connectivity index (χ3v) is 3.98. The van der Waals surface area contributed by atoms with Gasteiger partial charge in [0, 0.05) is 31.9 Å². The summed E-state index contributed by atoms with van der Waals surface area (Å²) in [6, 6.07) is 3.92. The molecule has 1 aliphatic rings.